The van der Waals surface area contributed by atoms with Crippen molar-refractivity contribution in [3.05, 3.63) is 20.8 Å². The van der Waals surface area contributed by atoms with E-state index in [-0.39, 0.29) is 11.5 Å². The Balaban J connectivity index is 1.60. The van der Waals surface area contributed by atoms with E-state index in [9.17, 15) is 9.59 Å². The van der Waals surface area contributed by atoms with Gasteiger partial charge in [0.1, 0.15) is 4.83 Å². The monoisotopic (exact) mass is 419 g/mol. The van der Waals surface area contributed by atoms with Crippen LogP contribution < -0.4 is 5.56 Å². The molecule has 152 valence electrons. The summed E-state index contributed by atoms with van der Waals surface area (Å²) in [6.45, 7) is 5.59. The second-order valence-corrected chi connectivity index (χ2v) is 9.79. The average molecular weight is 420 g/mol. The van der Waals surface area contributed by atoms with Crippen LogP contribution in [0.2, 0.25) is 0 Å². The highest BCUT2D eigenvalue weighted by Crippen LogP contribution is 2.34. The summed E-state index contributed by atoms with van der Waals surface area (Å²) in [6, 6.07) is 0.370. The second-order valence-electron chi connectivity index (χ2n) is 7.77. The zero-order valence-corrected chi connectivity index (χ0v) is 18.5. The Morgan fingerprint density at radius 1 is 1.21 bits per heavy atom. The minimum Gasteiger partial charge on any atom is -0.339 e. The number of nitrogens with zero attached hydrogens (tertiary/aromatic N) is 3. The van der Waals surface area contributed by atoms with Crippen molar-refractivity contribution in [2.45, 2.75) is 83.0 Å². The third-order valence-corrected chi connectivity index (χ3v) is 8.25. The maximum Gasteiger partial charge on any atom is 0.263 e. The van der Waals surface area contributed by atoms with Crippen molar-refractivity contribution in [2.75, 3.05) is 12.3 Å². The van der Waals surface area contributed by atoms with E-state index in [2.05, 4.69) is 6.92 Å². The van der Waals surface area contributed by atoms with Crippen LogP contribution in [-0.4, -0.2) is 38.7 Å². The number of hydrogen-bond donors (Lipinski definition) is 0. The van der Waals surface area contributed by atoms with Crippen molar-refractivity contribution in [2.24, 2.45) is 0 Å². The van der Waals surface area contributed by atoms with Gasteiger partial charge in [0.2, 0.25) is 5.91 Å². The summed E-state index contributed by atoms with van der Waals surface area (Å²) >= 11 is 3.11. The minimum atomic E-state index is 0.0752. The molecule has 0 spiro atoms. The topological polar surface area (TPSA) is 55.2 Å². The van der Waals surface area contributed by atoms with Crippen molar-refractivity contribution < 1.29 is 4.79 Å². The lowest BCUT2D eigenvalue weighted by atomic mass is 9.97. The maximum absolute atomic E-state index is 13.2. The van der Waals surface area contributed by atoms with Crippen LogP contribution in [-0.2, 0) is 24.2 Å². The van der Waals surface area contributed by atoms with Crippen molar-refractivity contribution in [1.29, 1.82) is 0 Å². The van der Waals surface area contributed by atoms with Gasteiger partial charge in [0.05, 0.1) is 11.1 Å². The van der Waals surface area contributed by atoms with Crippen LogP contribution in [0, 0.1) is 0 Å². The number of carbonyl (C=O) groups excluding carboxylic acids is 1. The van der Waals surface area contributed by atoms with E-state index in [0.717, 1.165) is 55.3 Å². The van der Waals surface area contributed by atoms with Crippen LogP contribution in [0.15, 0.2) is 9.95 Å². The van der Waals surface area contributed by atoms with Gasteiger partial charge in [0, 0.05) is 24.0 Å². The molecule has 1 amide bonds. The molecule has 1 atom stereocenters. The first-order valence-electron chi connectivity index (χ1n) is 10.6. The number of fused-ring (bicyclic) bond motifs is 3. The highest BCUT2D eigenvalue weighted by atomic mass is 32.2. The number of thioether (sulfide) groups is 1. The van der Waals surface area contributed by atoms with Crippen LogP contribution in [0.5, 0.6) is 0 Å². The van der Waals surface area contributed by atoms with Crippen LogP contribution in [0.25, 0.3) is 10.2 Å². The molecule has 2 aromatic heterocycles. The molecule has 0 saturated carbocycles. The first-order chi connectivity index (χ1) is 13.6. The van der Waals surface area contributed by atoms with Gasteiger partial charge in [-0.25, -0.2) is 4.98 Å². The van der Waals surface area contributed by atoms with Gasteiger partial charge in [-0.3, -0.25) is 14.2 Å². The number of aryl methyl sites for hydroxylation is 2. The molecular weight excluding hydrogens is 390 g/mol. The van der Waals surface area contributed by atoms with Crippen LogP contribution >= 0.6 is 23.1 Å². The molecule has 5 nitrogen and oxygen atoms in total. The van der Waals surface area contributed by atoms with Crippen LogP contribution in [0.1, 0.15) is 62.8 Å². The zero-order valence-electron chi connectivity index (χ0n) is 16.8. The molecule has 2 aromatic rings. The van der Waals surface area contributed by atoms with Gasteiger partial charge in [0.25, 0.3) is 5.56 Å². The number of thiophene rings is 1. The summed E-state index contributed by atoms with van der Waals surface area (Å²) in [4.78, 5) is 35.1. The standard InChI is InChI=1S/C21H29N3O2S2/c1-3-14-9-7-8-12-24(14)17(25)13-27-21-22-19-18(20(26)23(21)4-2)15-10-5-6-11-16(15)28-19/h14H,3-13H2,1-2H3/t14-/m0/s1. The first kappa shape index (κ1) is 20.0. The van der Waals surface area contributed by atoms with E-state index < -0.39 is 0 Å². The molecule has 28 heavy (non-hydrogen) atoms. The van der Waals surface area contributed by atoms with Crippen LogP contribution in [0.4, 0.5) is 0 Å². The van der Waals surface area contributed by atoms with E-state index >= 15 is 0 Å². The van der Waals surface area contributed by atoms with Gasteiger partial charge in [-0.15, -0.1) is 11.3 Å². The lowest BCUT2D eigenvalue weighted by Crippen LogP contribution is -2.44. The predicted molar refractivity (Wildman–Crippen MR) is 117 cm³/mol. The van der Waals surface area contributed by atoms with Gasteiger partial charge in [-0.05, 0) is 63.9 Å². The Morgan fingerprint density at radius 2 is 2.04 bits per heavy atom. The maximum atomic E-state index is 13.2. The largest absolute Gasteiger partial charge is 0.339 e. The number of amides is 1. The fourth-order valence-corrected chi connectivity index (χ4v) is 6.82. The highest BCUT2D eigenvalue weighted by Gasteiger charge is 2.26. The summed E-state index contributed by atoms with van der Waals surface area (Å²) in [5, 5.41) is 1.52. The number of aromatic nitrogens is 2. The average Bonchev–Trinajstić information content (AvgIpc) is 3.10. The number of rotatable bonds is 5. The molecule has 0 unspecified atom stereocenters. The summed E-state index contributed by atoms with van der Waals surface area (Å²) in [5.74, 6) is 0.540. The van der Waals surface area contributed by atoms with E-state index in [1.54, 1.807) is 15.9 Å². The molecular formula is C21H29N3O2S2. The number of likely N-dealkylation sites (tertiary alicyclic amines) is 1. The molecule has 0 aromatic carbocycles. The normalized spacial score (nSPS) is 19.8. The Labute approximate surface area is 174 Å². The van der Waals surface area contributed by atoms with E-state index in [1.807, 2.05) is 11.8 Å². The van der Waals surface area contributed by atoms with E-state index in [1.165, 1.54) is 35.0 Å². The molecule has 0 radical (unpaired) electrons. The number of hydrogen-bond acceptors (Lipinski definition) is 5. The Morgan fingerprint density at radius 3 is 2.82 bits per heavy atom. The molecule has 3 heterocycles. The van der Waals surface area contributed by atoms with Crippen molar-refractivity contribution in [3.63, 3.8) is 0 Å². The van der Waals surface area contributed by atoms with Gasteiger partial charge in [0.15, 0.2) is 5.16 Å². The lowest BCUT2D eigenvalue weighted by molar-refractivity contribution is -0.132. The quantitative estimate of drug-likeness (QED) is 0.537. The third kappa shape index (κ3) is 3.63. The molecule has 1 aliphatic heterocycles. The van der Waals surface area contributed by atoms with E-state index in [0.29, 0.717) is 23.5 Å². The molecule has 0 N–H and O–H groups in total. The fourth-order valence-electron chi connectivity index (χ4n) is 4.57. The molecule has 0 bridgehead atoms. The summed E-state index contributed by atoms with van der Waals surface area (Å²) in [5.41, 5.74) is 1.31. The first-order valence-corrected chi connectivity index (χ1v) is 12.4. The van der Waals surface area contributed by atoms with Crippen molar-refractivity contribution in [1.82, 2.24) is 14.5 Å². The number of carbonyl (C=O) groups is 1. The Kier molecular flexibility index (Phi) is 6.11. The van der Waals surface area contributed by atoms with E-state index in [4.69, 9.17) is 4.98 Å². The predicted octanol–water partition coefficient (Wildman–Crippen LogP) is 4.24. The highest BCUT2D eigenvalue weighted by molar-refractivity contribution is 7.99. The molecule has 1 saturated heterocycles. The summed E-state index contributed by atoms with van der Waals surface area (Å²) in [6.07, 6.45) is 8.85. The van der Waals surface area contributed by atoms with Gasteiger partial charge in [-0.1, -0.05) is 18.7 Å². The van der Waals surface area contributed by atoms with Crippen molar-refractivity contribution >= 4 is 39.2 Å². The lowest BCUT2D eigenvalue weighted by Gasteiger charge is -2.35. The molecule has 4 rings (SSSR count). The summed E-state index contributed by atoms with van der Waals surface area (Å²) in [7, 11) is 0. The SMILES string of the molecule is CC[C@H]1CCCCN1C(=O)CSc1nc2sc3c(c2c(=O)n1CC)CCCC3. The van der Waals surface area contributed by atoms with Crippen LogP contribution in [0.3, 0.4) is 0 Å². The van der Waals surface area contributed by atoms with Crippen molar-refractivity contribution in [3.8, 4) is 0 Å². The molecule has 7 heteroatoms. The molecule has 2 aliphatic rings. The summed E-state index contributed by atoms with van der Waals surface area (Å²) < 4.78 is 1.76. The van der Waals surface area contributed by atoms with Gasteiger partial charge < -0.3 is 4.90 Å². The molecule has 1 fully saturated rings. The third-order valence-electron chi connectivity index (χ3n) is 6.10. The smallest absolute Gasteiger partial charge is 0.263 e. The van der Waals surface area contributed by atoms with Gasteiger partial charge in [-0.2, -0.15) is 0 Å². The zero-order chi connectivity index (χ0) is 19.7. The minimum absolute atomic E-state index is 0.0752. The Bertz CT molecular complexity index is 934. The number of piperidine rings is 1. The Hall–Kier alpha value is -1.34. The second kappa shape index (κ2) is 8.57. The fraction of sp³-hybridized carbons (Fsp3) is 0.667. The van der Waals surface area contributed by atoms with Gasteiger partial charge >= 0.3 is 0 Å². The molecule has 1 aliphatic carbocycles.